The highest BCUT2D eigenvalue weighted by molar-refractivity contribution is 5.48. The molecule has 0 spiro atoms. The normalized spacial score (nSPS) is 13.2. The second kappa shape index (κ2) is 5.32. The Morgan fingerprint density at radius 3 is 2.15 bits per heavy atom. The summed E-state index contributed by atoms with van der Waals surface area (Å²) < 4.78 is 0. The SMILES string of the molecule is Cc1cc(C(C)(C)C)c(O)cc1[C@@H](C)c1ccccc1. The van der Waals surface area contributed by atoms with E-state index in [4.69, 9.17) is 0 Å². The standard InChI is InChI=1S/C19H24O/c1-13-11-17(19(3,4)5)18(20)12-16(13)14(2)15-9-7-6-8-10-15/h6-12,14,20H,1-5H3/t14-/m0/s1. The minimum absolute atomic E-state index is 0.0383. The fraction of sp³-hybridized carbons (Fsp3) is 0.368. The Bertz CT molecular complexity index is 591. The van der Waals surface area contributed by atoms with Crippen LogP contribution in [0, 0.1) is 6.92 Å². The van der Waals surface area contributed by atoms with Gasteiger partial charge >= 0.3 is 0 Å². The third-order valence-electron chi connectivity index (χ3n) is 3.96. The molecule has 1 N–H and O–H groups in total. The predicted molar refractivity (Wildman–Crippen MR) is 85.5 cm³/mol. The van der Waals surface area contributed by atoms with Gasteiger partial charge in [0.05, 0.1) is 0 Å². The molecular formula is C19H24O. The highest BCUT2D eigenvalue weighted by Gasteiger charge is 2.21. The van der Waals surface area contributed by atoms with Gasteiger partial charge in [-0.25, -0.2) is 0 Å². The Morgan fingerprint density at radius 1 is 1.00 bits per heavy atom. The lowest BCUT2D eigenvalue weighted by molar-refractivity contribution is 0.445. The van der Waals surface area contributed by atoms with E-state index in [2.05, 4.69) is 65.0 Å². The van der Waals surface area contributed by atoms with Gasteiger partial charge in [-0.3, -0.25) is 0 Å². The van der Waals surface area contributed by atoms with E-state index in [1.165, 1.54) is 16.7 Å². The van der Waals surface area contributed by atoms with Crippen LogP contribution in [-0.2, 0) is 5.41 Å². The van der Waals surface area contributed by atoms with Gasteiger partial charge in [0.15, 0.2) is 0 Å². The van der Waals surface area contributed by atoms with Crippen molar-refractivity contribution in [1.29, 1.82) is 0 Å². The van der Waals surface area contributed by atoms with Gasteiger partial charge < -0.3 is 5.11 Å². The third-order valence-corrected chi connectivity index (χ3v) is 3.96. The number of rotatable bonds is 2. The zero-order valence-corrected chi connectivity index (χ0v) is 13.1. The molecule has 0 bridgehead atoms. The molecule has 1 nitrogen and oxygen atoms in total. The van der Waals surface area contributed by atoms with Crippen LogP contribution in [0.1, 0.15) is 55.9 Å². The first kappa shape index (κ1) is 14.6. The monoisotopic (exact) mass is 268 g/mol. The molecule has 0 unspecified atom stereocenters. The van der Waals surface area contributed by atoms with Gasteiger partial charge in [0, 0.05) is 5.92 Å². The molecule has 2 aromatic rings. The van der Waals surface area contributed by atoms with E-state index >= 15 is 0 Å². The van der Waals surface area contributed by atoms with Gasteiger partial charge in [0.2, 0.25) is 0 Å². The summed E-state index contributed by atoms with van der Waals surface area (Å²) in [6, 6.07) is 14.5. The summed E-state index contributed by atoms with van der Waals surface area (Å²) in [6.45, 7) is 10.7. The molecule has 0 saturated heterocycles. The van der Waals surface area contributed by atoms with E-state index in [-0.39, 0.29) is 11.3 Å². The van der Waals surface area contributed by atoms with Gasteiger partial charge in [0.25, 0.3) is 0 Å². The molecule has 0 aliphatic rings. The molecule has 1 heteroatoms. The average molecular weight is 268 g/mol. The van der Waals surface area contributed by atoms with Crippen molar-refractivity contribution in [3.8, 4) is 5.75 Å². The molecule has 20 heavy (non-hydrogen) atoms. The predicted octanol–water partition coefficient (Wildman–Crippen LogP) is 5.15. The van der Waals surface area contributed by atoms with Crippen LogP contribution in [0.2, 0.25) is 0 Å². The third kappa shape index (κ3) is 2.87. The van der Waals surface area contributed by atoms with Crippen molar-refractivity contribution in [2.45, 2.75) is 46.0 Å². The Balaban J connectivity index is 2.47. The molecule has 0 aliphatic heterocycles. The lowest BCUT2D eigenvalue weighted by Crippen LogP contribution is -2.12. The number of aryl methyl sites for hydroxylation is 1. The van der Waals surface area contributed by atoms with Crippen LogP contribution in [0.15, 0.2) is 42.5 Å². The van der Waals surface area contributed by atoms with Crippen molar-refractivity contribution >= 4 is 0 Å². The summed E-state index contributed by atoms with van der Waals surface area (Å²) in [5, 5.41) is 10.3. The molecule has 0 radical (unpaired) electrons. The number of hydrogen-bond donors (Lipinski definition) is 1. The maximum atomic E-state index is 10.3. The van der Waals surface area contributed by atoms with Crippen LogP contribution >= 0.6 is 0 Å². The van der Waals surface area contributed by atoms with Crippen LogP contribution < -0.4 is 0 Å². The van der Waals surface area contributed by atoms with Crippen molar-refractivity contribution < 1.29 is 5.11 Å². The Labute approximate surface area is 122 Å². The lowest BCUT2D eigenvalue weighted by Gasteiger charge is -2.24. The Morgan fingerprint density at radius 2 is 1.60 bits per heavy atom. The van der Waals surface area contributed by atoms with Crippen LogP contribution in [0.3, 0.4) is 0 Å². The largest absolute Gasteiger partial charge is 0.508 e. The smallest absolute Gasteiger partial charge is 0.119 e. The van der Waals surface area contributed by atoms with Crippen molar-refractivity contribution in [1.82, 2.24) is 0 Å². The molecule has 0 saturated carbocycles. The van der Waals surface area contributed by atoms with Crippen LogP contribution in [0.4, 0.5) is 0 Å². The van der Waals surface area contributed by atoms with Crippen molar-refractivity contribution in [3.05, 3.63) is 64.7 Å². The van der Waals surface area contributed by atoms with Gasteiger partial charge in [-0.05, 0) is 40.7 Å². The maximum absolute atomic E-state index is 10.3. The number of phenolic OH excluding ortho intramolecular Hbond substituents is 1. The van der Waals surface area contributed by atoms with Crippen molar-refractivity contribution in [2.75, 3.05) is 0 Å². The Hall–Kier alpha value is -1.76. The van der Waals surface area contributed by atoms with Crippen LogP contribution in [0.5, 0.6) is 5.75 Å². The molecule has 2 rings (SSSR count). The topological polar surface area (TPSA) is 20.2 Å². The first-order valence-corrected chi connectivity index (χ1v) is 7.19. The molecule has 0 aliphatic carbocycles. The minimum atomic E-state index is -0.0383. The van der Waals surface area contributed by atoms with Crippen molar-refractivity contribution in [2.24, 2.45) is 0 Å². The second-order valence-electron chi connectivity index (χ2n) is 6.61. The summed E-state index contributed by atoms with van der Waals surface area (Å²) >= 11 is 0. The summed E-state index contributed by atoms with van der Waals surface area (Å²) in [4.78, 5) is 0. The van der Waals surface area contributed by atoms with E-state index in [1.54, 1.807) is 0 Å². The van der Waals surface area contributed by atoms with E-state index in [9.17, 15) is 5.11 Å². The summed E-state index contributed by atoms with van der Waals surface area (Å²) in [5.74, 6) is 0.692. The van der Waals surface area contributed by atoms with Gasteiger partial charge in [0.1, 0.15) is 5.75 Å². The number of aromatic hydroxyl groups is 1. The fourth-order valence-corrected chi connectivity index (χ4v) is 2.70. The molecular weight excluding hydrogens is 244 g/mol. The average Bonchev–Trinajstić information content (AvgIpc) is 2.40. The van der Waals surface area contributed by atoms with E-state index in [1.807, 2.05) is 12.1 Å². The second-order valence-corrected chi connectivity index (χ2v) is 6.61. The molecule has 0 aromatic heterocycles. The maximum Gasteiger partial charge on any atom is 0.119 e. The molecule has 0 fully saturated rings. The molecule has 2 aromatic carbocycles. The van der Waals surface area contributed by atoms with Gasteiger partial charge in [-0.2, -0.15) is 0 Å². The first-order chi connectivity index (χ1) is 9.30. The lowest BCUT2D eigenvalue weighted by atomic mass is 9.82. The molecule has 1 atom stereocenters. The molecule has 106 valence electrons. The number of hydrogen-bond acceptors (Lipinski definition) is 1. The minimum Gasteiger partial charge on any atom is -0.508 e. The van der Waals surface area contributed by atoms with Crippen molar-refractivity contribution in [3.63, 3.8) is 0 Å². The zero-order valence-electron chi connectivity index (χ0n) is 13.1. The summed E-state index contributed by atoms with van der Waals surface area (Å²) in [5.41, 5.74) is 4.69. The van der Waals surface area contributed by atoms with E-state index in [0.717, 1.165) is 5.56 Å². The van der Waals surface area contributed by atoms with E-state index < -0.39 is 0 Å². The fourth-order valence-electron chi connectivity index (χ4n) is 2.70. The van der Waals surface area contributed by atoms with Crippen LogP contribution in [-0.4, -0.2) is 5.11 Å². The van der Waals surface area contributed by atoms with Gasteiger partial charge in [-0.15, -0.1) is 0 Å². The highest BCUT2D eigenvalue weighted by atomic mass is 16.3. The van der Waals surface area contributed by atoms with Crippen LogP contribution in [0.25, 0.3) is 0 Å². The quantitative estimate of drug-likeness (QED) is 0.798. The van der Waals surface area contributed by atoms with E-state index in [0.29, 0.717) is 5.75 Å². The Kier molecular flexibility index (Phi) is 3.89. The number of phenols is 1. The summed E-state index contributed by atoms with van der Waals surface area (Å²) in [7, 11) is 0. The first-order valence-electron chi connectivity index (χ1n) is 7.19. The number of benzene rings is 2. The highest BCUT2D eigenvalue weighted by Crippen LogP contribution is 2.36. The molecule has 0 heterocycles. The summed E-state index contributed by atoms with van der Waals surface area (Å²) in [6.07, 6.45) is 0. The zero-order chi connectivity index (χ0) is 14.9. The van der Waals surface area contributed by atoms with Gasteiger partial charge in [-0.1, -0.05) is 64.1 Å². The molecule has 0 amide bonds.